The van der Waals surface area contributed by atoms with E-state index in [-0.39, 0.29) is 10.3 Å². The molecule has 24 heavy (non-hydrogen) atoms. The molecular weight excluding hydrogens is 368 g/mol. The zero-order valence-electron chi connectivity index (χ0n) is 12.4. The van der Waals surface area contributed by atoms with Crippen LogP contribution in [-0.4, -0.2) is 40.8 Å². The molecular formula is C15H13ClN4O2S2. The van der Waals surface area contributed by atoms with Gasteiger partial charge in [0.1, 0.15) is 9.90 Å². The van der Waals surface area contributed by atoms with Gasteiger partial charge in [-0.25, -0.2) is 13.1 Å². The van der Waals surface area contributed by atoms with Crippen molar-refractivity contribution in [2.24, 2.45) is 0 Å². The van der Waals surface area contributed by atoms with Crippen molar-refractivity contribution in [2.75, 3.05) is 13.1 Å². The Balaban J connectivity index is 1.47. The lowest BCUT2D eigenvalue weighted by molar-refractivity contribution is 0.189. The number of hydrogen-bond donors (Lipinski definition) is 0. The van der Waals surface area contributed by atoms with Crippen LogP contribution in [0, 0.1) is 0 Å². The molecule has 0 N–H and O–H groups in total. The highest BCUT2D eigenvalue weighted by atomic mass is 35.5. The fourth-order valence-electron chi connectivity index (χ4n) is 2.54. The number of thiophene rings is 1. The summed E-state index contributed by atoms with van der Waals surface area (Å²) in [6, 6.07) is 12.9. The van der Waals surface area contributed by atoms with E-state index in [9.17, 15) is 8.42 Å². The number of hydrogen-bond acceptors (Lipinski definition) is 5. The molecule has 0 amide bonds. The van der Waals surface area contributed by atoms with Crippen molar-refractivity contribution in [3.8, 4) is 11.3 Å². The van der Waals surface area contributed by atoms with Gasteiger partial charge < -0.3 is 0 Å². The van der Waals surface area contributed by atoms with Gasteiger partial charge in [0.25, 0.3) is 10.0 Å². The molecule has 4 rings (SSSR count). The molecule has 1 saturated heterocycles. The molecule has 1 aliphatic heterocycles. The van der Waals surface area contributed by atoms with Gasteiger partial charge in [0.2, 0.25) is 0 Å². The SMILES string of the molecule is O=S(=O)(c1ccc(Cl)s1)N1CC(n2cc(-c3ccccc3)nn2)C1. The highest BCUT2D eigenvalue weighted by molar-refractivity contribution is 7.91. The molecule has 0 saturated carbocycles. The summed E-state index contributed by atoms with van der Waals surface area (Å²) in [5, 5.41) is 8.30. The number of aromatic nitrogens is 3. The number of benzene rings is 1. The van der Waals surface area contributed by atoms with Gasteiger partial charge in [-0.15, -0.1) is 16.4 Å². The second kappa shape index (κ2) is 5.96. The third-order valence-electron chi connectivity index (χ3n) is 3.93. The van der Waals surface area contributed by atoms with Crippen LogP contribution in [0.15, 0.2) is 52.9 Å². The van der Waals surface area contributed by atoms with Gasteiger partial charge in [-0.1, -0.05) is 47.1 Å². The molecule has 0 spiro atoms. The number of rotatable bonds is 4. The number of halogens is 1. The van der Waals surface area contributed by atoms with E-state index in [4.69, 9.17) is 11.6 Å². The molecule has 1 fully saturated rings. The Bertz CT molecular complexity index is 962. The molecule has 3 aromatic rings. The van der Waals surface area contributed by atoms with Crippen LogP contribution >= 0.6 is 22.9 Å². The molecule has 0 atom stereocenters. The van der Waals surface area contributed by atoms with Gasteiger partial charge in [-0.3, -0.25) is 0 Å². The average Bonchev–Trinajstić information content (AvgIpc) is 3.16. The van der Waals surface area contributed by atoms with Crippen molar-refractivity contribution in [3.63, 3.8) is 0 Å². The van der Waals surface area contributed by atoms with E-state index in [2.05, 4.69) is 10.3 Å². The van der Waals surface area contributed by atoms with E-state index in [0.29, 0.717) is 17.4 Å². The standard InChI is InChI=1S/C15H13ClN4O2S2/c16-14-6-7-15(23-14)24(21,22)19-8-12(9-19)20-10-13(17-18-20)11-4-2-1-3-5-11/h1-7,10,12H,8-9H2. The zero-order chi connectivity index (χ0) is 16.7. The predicted octanol–water partition coefficient (Wildman–Crippen LogP) is 2.91. The molecule has 2 aromatic heterocycles. The minimum absolute atomic E-state index is 0.000159. The maximum atomic E-state index is 12.5. The smallest absolute Gasteiger partial charge is 0.246 e. The van der Waals surface area contributed by atoms with Gasteiger partial charge in [-0.05, 0) is 12.1 Å². The van der Waals surface area contributed by atoms with E-state index in [1.54, 1.807) is 16.8 Å². The van der Waals surface area contributed by atoms with Gasteiger partial charge in [-0.2, -0.15) is 4.31 Å². The minimum Gasteiger partial charge on any atom is -0.246 e. The van der Waals surface area contributed by atoms with Crippen molar-refractivity contribution < 1.29 is 8.42 Å². The zero-order valence-corrected chi connectivity index (χ0v) is 14.8. The lowest BCUT2D eigenvalue weighted by Crippen LogP contribution is -2.50. The quantitative estimate of drug-likeness (QED) is 0.697. The van der Waals surface area contributed by atoms with Crippen LogP contribution in [0.5, 0.6) is 0 Å². The van der Waals surface area contributed by atoms with Gasteiger partial charge >= 0.3 is 0 Å². The molecule has 124 valence electrons. The molecule has 0 bridgehead atoms. The normalized spacial score (nSPS) is 16.2. The van der Waals surface area contributed by atoms with Crippen molar-refractivity contribution in [2.45, 2.75) is 10.3 Å². The van der Waals surface area contributed by atoms with Crippen molar-refractivity contribution >= 4 is 33.0 Å². The number of nitrogens with zero attached hydrogens (tertiary/aromatic N) is 4. The van der Waals surface area contributed by atoms with Crippen molar-refractivity contribution in [1.29, 1.82) is 0 Å². The summed E-state index contributed by atoms with van der Waals surface area (Å²) < 4.78 is 28.8. The van der Waals surface area contributed by atoms with E-state index < -0.39 is 10.0 Å². The lowest BCUT2D eigenvalue weighted by atomic mass is 10.1. The first kappa shape index (κ1) is 15.8. The maximum absolute atomic E-state index is 12.5. The van der Waals surface area contributed by atoms with Crippen molar-refractivity contribution in [3.05, 3.63) is 53.0 Å². The highest BCUT2D eigenvalue weighted by Gasteiger charge is 2.39. The Morgan fingerprint density at radius 3 is 2.54 bits per heavy atom. The first-order chi connectivity index (χ1) is 11.5. The van der Waals surface area contributed by atoms with E-state index >= 15 is 0 Å². The Hall–Kier alpha value is -1.74. The van der Waals surface area contributed by atoms with Crippen LogP contribution in [0.1, 0.15) is 6.04 Å². The van der Waals surface area contributed by atoms with Gasteiger partial charge in [0.05, 0.1) is 16.6 Å². The van der Waals surface area contributed by atoms with E-state index in [0.717, 1.165) is 22.6 Å². The summed E-state index contributed by atoms with van der Waals surface area (Å²) in [4.78, 5) is 0. The third-order valence-corrected chi connectivity index (χ3v) is 7.46. The van der Waals surface area contributed by atoms with Crippen molar-refractivity contribution in [1.82, 2.24) is 19.3 Å². The summed E-state index contributed by atoms with van der Waals surface area (Å²) in [6.45, 7) is 0.769. The fourth-order valence-corrected chi connectivity index (χ4v) is 5.69. The second-order valence-electron chi connectivity index (χ2n) is 5.48. The molecule has 0 unspecified atom stereocenters. The molecule has 6 nitrogen and oxygen atoms in total. The van der Waals surface area contributed by atoms with Crippen LogP contribution in [-0.2, 0) is 10.0 Å². The van der Waals surface area contributed by atoms with Crippen LogP contribution < -0.4 is 0 Å². The first-order valence-corrected chi connectivity index (χ1v) is 9.90. The summed E-state index contributed by atoms with van der Waals surface area (Å²) in [7, 11) is -3.46. The first-order valence-electron chi connectivity index (χ1n) is 7.27. The maximum Gasteiger partial charge on any atom is 0.252 e. The largest absolute Gasteiger partial charge is 0.252 e. The molecule has 3 heterocycles. The Morgan fingerprint density at radius 1 is 1.12 bits per heavy atom. The van der Waals surface area contributed by atoms with E-state index in [1.807, 2.05) is 36.5 Å². The third kappa shape index (κ3) is 2.75. The Kier molecular flexibility index (Phi) is 3.92. The summed E-state index contributed by atoms with van der Waals surface area (Å²) >= 11 is 6.90. The van der Waals surface area contributed by atoms with Crippen LogP contribution in [0.25, 0.3) is 11.3 Å². The average molecular weight is 381 g/mol. The second-order valence-corrected chi connectivity index (χ2v) is 9.36. The Labute approximate surface area is 148 Å². The van der Waals surface area contributed by atoms with Crippen LogP contribution in [0.3, 0.4) is 0 Å². The van der Waals surface area contributed by atoms with E-state index in [1.165, 1.54) is 4.31 Å². The molecule has 1 aromatic carbocycles. The Morgan fingerprint density at radius 2 is 1.88 bits per heavy atom. The summed E-state index contributed by atoms with van der Waals surface area (Å²) in [5.41, 5.74) is 1.77. The van der Waals surface area contributed by atoms with Crippen LogP contribution in [0.4, 0.5) is 0 Å². The minimum atomic E-state index is -3.46. The van der Waals surface area contributed by atoms with Gasteiger partial charge in [0, 0.05) is 18.7 Å². The lowest BCUT2D eigenvalue weighted by Gasteiger charge is -2.37. The van der Waals surface area contributed by atoms with Gasteiger partial charge in [0.15, 0.2) is 0 Å². The number of sulfonamides is 1. The predicted molar refractivity (Wildman–Crippen MR) is 92.6 cm³/mol. The fraction of sp³-hybridized carbons (Fsp3) is 0.200. The monoisotopic (exact) mass is 380 g/mol. The summed E-state index contributed by atoms with van der Waals surface area (Å²) in [6.07, 6.45) is 1.85. The molecule has 0 radical (unpaired) electrons. The molecule has 9 heteroatoms. The van der Waals surface area contributed by atoms with Crippen LogP contribution in [0.2, 0.25) is 4.34 Å². The molecule has 0 aliphatic carbocycles. The highest BCUT2D eigenvalue weighted by Crippen LogP contribution is 2.33. The topological polar surface area (TPSA) is 68.1 Å². The summed E-state index contributed by atoms with van der Waals surface area (Å²) in [5.74, 6) is 0. The molecule has 1 aliphatic rings.